The lowest BCUT2D eigenvalue weighted by molar-refractivity contribution is 0.0944. The summed E-state index contributed by atoms with van der Waals surface area (Å²) in [5.41, 5.74) is 10.3. The van der Waals surface area contributed by atoms with Gasteiger partial charge in [0.1, 0.15) is 5.69 Å². The van der Waals surface area contributed by atoms with E-state index < -0.39 is 5.91 Å². The quantitative estimate of drug-likeness (QED) is 0.731. The predicted molar refractivity (Wildman–Crippen MR) is 101 cm³/mol. The molecule has 2 fully saturated rings. The van der Waals surface area contributed by atoms with Crippen molar-refractivity contribution in [2.24, 2.45) is 5.10 Å². The van der Waals surface area contributed by atoms with E-state index in [2.05, 4.69) is 40.7 Å². The van der Waals surface area contributed by atoms with E-state index in [1.807, 2.05) is 0 Å². The number of likely N-dealkylation sites (tertiary alicyclic amines) is 1. The highest BCUT2D eigenvalue weighted by Crippen LogP contribution is 2.19. The molecule has 0 spiro atoms. The second-order valence-corrected chi connectivity index (χ2v) is 7.29. The minimum Gasteiger partial charge on any atom is -0.378 e. The number of amides is 1. The molecule has 0 aromatic carbocycles. The van der Waals surface area contributed by atoms with Gasteiger partial charge in [-0.1, -0.05) is 18.1 Å². The smallest absolute Gasteiger partial charge is 0.292 e. The lowest BCUT2D eigenvalue weighted by atomic mass is 9.99. The van der Waals surface area contributed by atoms with Crippen LogP contribution in [0.5, 0.6) is 0 Å². The molecule has 2 aromatic rings. The number of nitrogens with one attached hydrogen (secondary N) is 1. The zero-order chi connectivity index (χ0) is 19.3. The zero-order valence-electron chi connectivity index (χ0n) is 15.8. The zero-order valence-corrected chi connectivity index (χ0v) is 15.8. The summed E-state index contributed by atoms with van der Waals surface area (Å²) >= 11 is 0. The average molecular weight is 387 g/mol. The van der Waals surface area contributed by atoms with E-state index in [0.717, 1.165) is 57.3 Å². The molecule has 1 saturated heterocycles. The number of anilines is 1. The molecule has 1 aliphatic carbocycles. The fourth-order valence-corrected chi connectivity index (χ4v) is 3.72. The summed E-state index contributed by atoms with van der Waals surface area (Å²) in [5, 5.41) is 20.0. The Labute approximate surface area is 162 Å². The molecule has 2 aliphatic rings. The first-order chi connectivity index (χ1) is 13.7. The van der Waals surface area contributed by atoms with Crippen LogP contribution in [0, 0.1) is 0 Å². The van der Waals surface area contributed by atoms with Gasteiger partial charge in [0.25, 0.3) is 5.91 Å². The first-order valence-corrected chi connectivity index (χ1v) is 9.83. The molecule has 1 amide bonds. The Morgan fingerprint density at radius 2 is 1.86 bits per heavy atom. The molecule has 0 radical (unpaired) electrons. The normalized spacial score (nSPS) is 18.2. The molecule has 1 saturated carbocycles. The topological polar surface area (TPSA) is 140 Å². The average Bonchev–Trinajstić information content (AvgIpc) is 3.33. The van der Waals surface area contributed by atoms with Crippen molar-refractivity contribution in [1.29, 1.82) is 0 Å². The third-order valence-corrected chi connectivity index (χ3v) is 5.22. The van der Waals surface area contributed by atoms with Gasteiger partial charge in [-0.15, -0.1) is 5.10 Å². The Morgan fingerprint density at radius 3 is 2.57 bits per heavy atom. The van der Waals surface area contributed by atoms with Crippen LogP contribution in [0.15, 0.2) is 9.73 Å². The van der Waals surface area contributed by atoms with Gasteiger partial charge in [-0.2, -0.15) is 9.78 Å². The summed E-state index contributed by atoms with van der Waals surface area (Å²) < 4.78 is 5.94. The van der Waals surface area contributed by atoms with Gasteiger partial charge in [-0.05, 0) is 61.9 Å². The number of nitrogen functional groups attached to an aromatic ring is 1. The number of piperidine rings is 1. The Kier molecular flexibility index (Phi) is 5.60. The van der Waals surface area contributed by atoms with Gasteiger partial charge in [0, 0.05) is 12.3 Å². The number of nitrogens with zero attached hydrogens (tertiary/aromatic N) is 7. The number of hydrogen-bond acceptors (Lipinski definition) is 9. The molecular weight excluding hydrogens is 362 g/mol. The van der Waals surface area contributed by atoms with Gasteiger partial charge in [-0.3, -0.25) is 9.69 Å². The summed E-state index contributed by atoms with van der Waals surface area (Å²) in [6, 6.07) is 0. The molecule has 1 aliphatic heterocycles. The van der Waals surface area contributed by atoms with Gasteiger partial charge < -0.3 is 5.73 Å². The lowest BCUT2D eigenvalue weighted by Crippen LogP contribution is -2.31. The van der Waals surface area contributed by atoms with Gasteiger partial charge in [0.15, 0.2) is 5.69 Å². The summed E-state index contributed by atoms with van der Waals surface area (Å²) in [6.45, 7) is 2.48. The first-order valence-electron chi connectivity index (χ1n) is 9.83. The highest BCUT2D eigenvalue weighted by atomic mass is 16.6. The van der Waals surface area contributed by atoms with E-state index in [4.69, 9.17) is 5.73 Å². The van der Waals surface area contributed by atoms with E-state index >= 15 is 0 Å². The van der Waals surface area contributed by atoms with Crippen molar-refractivity contribution in [2.75, 3.05) is 18.8 Å². The SMILES string of the molecule is Nc1nonc1-n1nnc(CN2CCCCC2)c1C(=O)NN=C1CCCCC1. The van der Waals surface area contributed by atoms with E-state index in [1.165, 1.54) is 17.5 Å². The Hall–Kier alpha value is -2.82. The van der Waals surface area contributed by atoms with Crippen molar-refractivity contribution in [3.05, 3.63) is 11.4 Å². The number of hydrazone groups is 1. The fraction of sp³-hybridized carbons (Fsp3) is 0.647. The van der Waals surface area contributed by atoms with Crippen LogP contribution >= 0.6 is 0 Å². The molecule has 0 unspecified atom stereocenters. The maximum Gasteiger partial charge on any atom is 0.292 e. The summed E-state index contributed by atoms with van der Waals surface area (Å²) in [6.07, 6.45) is 8.77. The molecule has 11 heteroatoms. The van der Waals surface area contributed by atoms with Gasteiger partial charge >= 0.3 is 0 Å². The Bertz CT molecular complexity index is 843. The third-order valence-electron chi connectivity index (χ3n) is 5.22. The minimum atomic E-state index is -0.391. The van der Waals surface area contributed by atoms with Crippen LogP contribution < -0.4 is 11.2 Å². The first kappa shape index (κ1) is 18.5. The number of hydrogen-bond donors (Lipinski definition) is 2. The van der Waals surface area contributed by atoms with Crippen molar-refractivity contribution in [3.63, 3.8) is 0 Å². The summed E-state index contributed by atoms with van der Waals surface area (Å²) in [5.74, 6) is -0.201. The predicted octanol–water partition coefficient (Wildman–Crippen LogP) is 1.27. The standard InChI is InChI=1S/C17H25N9O2/c18-15-16(23-28-22-15)26-14(17(27)21-19-12-7-3-1-4-8-12)13(20-24-26)11-25-9-5-2-6-10-25/h1-11H2,(H2,18,22)(H,21,27). The summed E-state index contributed by atoms with van der Waals surface area (Å²) in [4.78, 5) is 15.3. The van der Waals surface area contributed by atoms with Crippen molar-refractivity contribution < 1.29 is 9.42 Å². The van der Waals surface area contributed by atoms with Crippen LogP contribution in [0.3, 0.4) is 0 Å². The lowest BCUT2D eigenvalue weighted by Gasteiger charge is -2.25. The molecule has 3 heterocycles. The highest BCUT2D eigenvalue weighted by Gasteiger charge is 2.26. The van der Waals surface area contributed by atoms with Gasteiger partial charge in [0.2, 0.25) is 11.6 Å². The number of nitrogens with two attached hydrogens (primary N) is 1. The van der Waals surface area contributed by atoms with E-state index in [0.29, 0.717) is 12.2 Å². The largest absolute Gasteiger partial charge is 0.378 e. The molecule has 28 heavy (non-hydrogen) atoms. The molecule has 150 valence electrons. The maximum absolute atomic E-state index is 13.0. The molecule has 3 N–H and O–H groups in total. The van der Waals surface area contributed by atoms with Crippen molar-refractivity contribution in [2.45, 2.75) is 57.9 Å². The van der Waals surface area contributed by atoms with Crippen LogP contribution in [0.1, 0.15) is 67.5 Å². The van der Waals surface area contributed by atoms with E-state index in [-0.39, 0.29) is 17.3 Å². The fourth-order valence-electron chi connectivity index (χ4n) is 3.72. The van der Waals surface area contributed by atoms with Crippen molar-refractivity contribution >= 4 is 17.4 Å². The second kappa shape index (κ2) is 8.46. The molecule has 0 bridgehead atoms. The van der Waals surface area contributed by atoms with Gasteiger partial charge in [0.05, 0.1) is 0 Å². The van der Waals surface area contributed by atoms with E-state index in [1.54, 1.807) is 0 Å². The van der Waals surface area contributed by atoms with Crippen molar-refractivity contribution in [1.82, 2.24) is 35.6 Å². The van der Waals surface area contributed by atoms with Crippen LogP contribution in [0.2, 0.25) is 0 Å². The number of carbonyl (C=O) groups is 1. The second-order valence-electron chi connectivity index (χ2n) is 7.29. The van der Waals surface area contributed by atoms with Crippen LogP contribution in [-0.4, -0.2) is 54.9 Å². The monoisotopic (exact) mass is 387 g/mol. The van der Waals surface area contributed by atoms with E-state index in [9.17, 15) is 4.79 Å². The number of aromatic nitrogens is 5. The molecule has 0 atom stereocenters. The van der Waals surface area contributed by atoms with Crippen molar-refractivity contribution in [3.8, 4) is 5.82 Å². The Morgan fingerprint density at radius 1 is 1.11 bits per heavy atom. The van der Waals surface area contributed by atoms with Gasteiger partial charge in [-0.25, -0.2) is 10.1 Å². The number of carbonyl (C=O) groups excluding carboxylic acids is 1. The third kappa shape index (κ3) is 4.03. The number of rotatable bonds is 5. The molecule has 4 rings (SSSR count). The summed E-state index contributed by atoms with van der Waals surface area (Å²) in [7, 11) is 0. The minimum absolute atomic E-state index is 0.0436. The maximum atomic E-state index is 13.0. The molecular formula is C17H25N9O2. The van der Waals surface area contributed by atoms with Crippen LogP contribution in [0.25, 0.3) is 5.82 Å². The Balaban J connectivity index is 1.60. The van der Waals surface area contributed by atoms with Crippen LogP contribution in [-0.2, 0) is 6.54 Å². The molecule has 11 nitrogen and oxygen atoms in total. The highest BCUT2D eigenvalue weighted by molar-refractivity contribution is 5.95. The molecule has 2 aromatic heterocycles. The van der Waals surface area contributed by atoms with Crippen LogP contribution in [0.4, 0.5) is 5.82 Å².